The molecule has 0 radical (unpaired) electrons. The highest BCUT2D eigenvalue weighted by molar-refractivity contribution is 5.82. The Morgan fingerprint density at radius 2 is 2.12 bits per heavy atom. The highest BCUT2D eigenvalue weighted by atomic mass is 14.7. The van der Waals surface area contributed by atoms with Crippen molar-refractivity contribution in [2.45, 2.75) is 19.4 Å². The van der Waals surface area contributed by atoms with Gasteiger partial charge in [-0.25, -0.2) is 0 Å². The highest BCUT2D eigenvalue weighted by Gasteiger charge is 2.08. The Morgan fingerprint density at radius 1 is 1.31 bits per heavy atom. The Hall–Kier alpha value is -1.85. The third-order valence-electron chi connectivity index (χ3n) is 2.58. The summed E-state index contributed by atoms with van der Waals surface area (Å²) in [6, 6.07) is 9.97. The summed E-state index contributed by atoms with van der Waals surface area (Å²) < 4.78 is 0. The van der Waals surface area contributed by atoms with E-state index < -0.39 is 0 Å². The fourth-order valence-corrected chi connectivity index (χ4v) is 1.76. The van der Waals surface area contributed by atoms with Crippen molar-refractivity contribution in [3.05, 3.63) is 42.1 Å². The zero-order valence-electron chi connectivity index (χ0n) is 9.27. The maximum absolute atomic E-state index is 6.12. The van der Waals surface area contributed by atoms with Crippen LogP contribution in [0, 0.1) is 11.8 Å². The maximum Gasteiger partial charge on any atom is 0.0705 e. The van der Waals surface area contributed by atoms with Crippen molar-refractivity contribution >= 4 is 10.9 Å². The van der Waals surface area contributed by atoms with Gasteiger partial charge in [-0.1, -0.05) is 18.2 Å². The summed E-state index contributed by atoms with van der Waals surface area (Å²) in [5.74, 6) is 5.89. The van der Waals surface area contributed by atoms with Gasteiger partial charge in [0.25, 0.3) is 0 Å². The molecule has 0 aliphatic carbocycles. The largest absolute Gasteiger partial charge is 0.323 e. The third kappa shape index (κ3) is 2.05. The fraction of sp³-hybridized carbons (Fsp3) is 0.214. The summed E-state index contributed by atoms with van der Waals surface area (Å²) in [5, 5.41) is 1.12. The van der Waals surface area contributed by atoms with Gasteiger partial charge < -0.3 is 5.73 Å². The molecule has 0 saturated heterocycles. The standard InChI is InChI=1S/C14H14N2/c1-2-3-7-13(15)11-9-10-16-14-8-5-4-6-12(11)14/h4-6,8-10,13H,7,15H2,1H3. The van der Waals surface area contributed by atoms with Crippen LogP contribution in [-0.2, 0) is 0 Å². The number of nitrogens with two attached hydrogens (primary N) is 1. The second-order valence-electron chi connectivity index (χ2n) is 3.65. The van der Waals surface area contributed by atoms with Crippen molar-refractivity contribution in [2.75, 3.05) is 0 Å². The Labute approximate surface area is 95.5 Å². The van der Waals surface area contributed by atoms with E-state index in [9.17, 15) is 0 Å². The first-order valence-corrected chi connectivity index (χ1v) is 5.31. The number of benzene rings is 1. The molecule has 2 rings (SSSR count). The van der Waals surface area contributed by atoms with E-state index >= 15 is 0 Å². The zero-order chi connectivity index (χ0) is 11.4. The molecule has 2 heteroatoms. The molecule has 80 valence electrons. The minimum absolute atomic E-state index is 0.0413. The number of para-hydroxylation sites is 1. The lowest BCUT2D eigenvalue weighted by atomic mass is 10.0. The monoisotopic (exact) mass is 210 g/mol. The van der Waals surface area contributed by atoms with Crippen LogP contribution in [0.4, 0.5) is 0 Å². The van der Waals surface area contributed by atoms with E-state index in [2.05, 4.69) is 22.9 Å². The Balaban J connectivity index is 2.46. The van der Waals surface area contributed by atoms with Crippen LogP contribution < -0.4 is 5.73 Å². The van der Waals surface area contributed by atoms with Gasteiger partial charge in [0.05, 0.1) is 5.52 Å². The molecule has 1 aromatic carbocycles. The number of hydrogen-bond acceptors (Lipinski definition) is 2. The first kappa shape index (κ1) is 10.7. The summed E-state index contributed by atoms with van der Waals surface area (Å²) in [6.07, 6.45) is 2.49. The summed E-state index contributed by atoms with van der Waals surface area (Å²) in [4.78, 5) is 4.31. The van der Waals surface area contributed by atoms with Gasteiger partial charge in [0.2, 0.25) is 0 Å². The van der Waals surface area contributed by atoms with E-state index in [1.54, 1.807) is 6.20 Å². The van der Waals surface area contributed by atoms with E-state index in [0.29, 0.717) is 6.42 Å². The molecule has 0 amide bonds. The highest BCUT2D eigenvalue weighted by Crippen LogP contribution is 2.22. The van der Waals surface area contributed by atoms with Crippen LogP contribution >= 0.6 is 0 Å². The number of fused-ring (bicyclic) bond motifs is 1. The number of hydrogen-bond donors (Lipinski definition) is 1. The smallest absolute Gasteiger partial charge is 0.0705 e. The maximum atomic E-state index is 6.12. The van der Waals surface area contributed by atoms with E-state index in [1.165, 1.54) is 0 Å². The average molecular weight is 210 g/mol. The van der Waals surface area contributed by atoms with Gasteiger partial charge in [0, 0.05) is 24.0 Å². The third-order valence-corrected chi connectivity index (χ3v) is 2.58. The summed E-state index contributed by atoms with van der Waals surface area (Å²) in [5.41, 5.74) is 8.22. The second kappa shape index (κ2) is 4.78. The van der Waals surface area contributed by atoms with Crippen LogP contribution in [0.25, 0.3) is 10.9 Å². The first-order valence-electron chi connectivity index (χ1n) is 5.31. The average Bonchev–Trinajstić information content (AvgIpc) is 2.35. The van der Waals surface area contributed by atoms with E-state index in [1.807, 2.05) is 31.2 Å². The van der Waals surface area contributed by atoms with Crippen LogP contribution in [-0.4, -0.2) is 4.98 Å². The second-order valence-corrected chi connectivity index (χ2v) is 3.65. The fourth-order valence-electron chi connectivity index (χ4n) is 1.76. The molecule has 1 unspecified atom stereocenters. The van der Waals surface area contributed by atoms with Gasteiger partial charge in [-0.2, -0.15) is 0 Å². The van der Waals surface area contributed by atoms with Gasteiger partial charge in [-0.05, 0) is 24.6 Å². The number of nitrogens with zero attached hydrogens (tertiary/aromatic N) is 1. The Bertz CT molecular complexity index is 544. The Kier molecular flexibility index (Phi) is 3.19. The predicted molar refractivity (Wildman–Crippen MR) is 66.7 cm³/mol. The minimum atomic E-state index is -0.0413. The van der Waals surface area contributed by atoms with Crippen molar-refractivity contribution in [1.29, 1.82) is 0 Å². The molecular weight excluding hydrogens is 196 g/mol. The summed E-state index contributed by atoms with van der Waals surface area (Å²) in [7, 11) is 0. The molecule has 1 heterocycles. The molecule has 2 N–H and O–H groups in total. The van der Waals surface area contributed by atoms with Crippen LogP contribution in [0.15, 0.2) is 36.5 Å². The molecule has 0 bridgehead atoms. The van der Waals surface area contributed by atoms with Gasteiger partial charge in [0.15, 0.2) is 0 Å². The molecule has 0 saturated carbocycles. The molecule has 0 aliphatic rings. The van der Waals surface area contributed by atoms with E-state index in [4.69, 9.17) is 5.73 Å². The molecule has 0 fully saturated rings. The molecule has 2 nitrogen and oxygen atoms in total. The lowest BCUT2D eigenvalue weighted by Gasteiger charge is -2.11. The molecule has 1 aromatic heterocycles. The van der Waals surface area contributed by atoms with Gasteiger partial charge in [-0.15, -0.1) is 11.8 Å². The van der Waals surface area contributed by atoms with Crippen molar-refractivity contribution in [3.63, 3.8) is 0 Å². The van der Waals surface area contributed by atoms with Crippen molar-refractivity contribution in [1.82, 2.24) is 4.98 Å². The van der Waals surface area contributed by atoms with Crippen LogP contribution in [0.3, 0.4) is 0 Å². The molecule has 0 spiro atoms. The lowest BCUT2D eigenvalue weighted by Crippen LogP contribution is -2.10. The van der Waals surface area contributed by atoms with E-state index in [-0.39, 0.29) is 6.04 Å². The normalized spacial score (nSPS) is 11.9. The minimum Gasteiger partial charge on any atom is -0.323 e. The van der Waals surface area contributed by atoms with Gasteiger partial charge in [0.1, 0.15) is 0 Å². The predicted octanol–water partition coefficient (Wildman–Crippen LogP) is 2.65. The Morgan fingerprint density at radius 3 is 2.94 bits per heavy atom. The van der Waals surface area contributed by atoms with E-state index in [0.717, 1.165) is 16.5 Å². The number of pyridine rings is 1. The quantitative estimate of drug-likeness (QED) is 0.774. The SMILES string of the molecule is CC#CCC(N)c1ccnc2ccccc12. The summed E-state index contributed by atoms with van der Waals surface area (Å²) in [6.45, 7) is 1.83. The van der Waals surface area contributed by atoms with Gasteiger partial charge in [-0.3, -0.25) is 4.98 Å². The number of aromatic nitrogens is 1. The topological polar surface area (TPSA) is 38.9 Å². The van der Waals surface area contributed by atoms with Crippen LogP contribution in [0.5, 0.6) is 0 Å². The van der Waals surface area contributed by atoms with Crippen molar-refractivity contribution in [3.8, 4) is 11.8 Å². The molecule has 2 aromatic rings. The molecule has 16 heavy (non-hydrogen) atoms. The zero-order valence-corrected chi connectivity index (χ0v) is 9.27. The molecular formula is C14H14N2. The van der Waals surface area contributed by atoms with Crippen molar-refractivity contribution < 1.29 is 0 Å². The van der Waals surface area contributed by atoms with Gasteiger partial charge >= 0.3 is 0 Å². The summed E-state index contributed by atoms with van der Waals surface area (Å²) >= 11 is 0. The van der Waals surface area contributed by atoms with Crippen LogP contribution in [0.2, 0.25) is 0 Å². The number of rotatable bonds is 2. The first-order chi connectivity index (χ1) is 7.83. The van der Waals surface area contributed by atoms with Crippen LogP contribution in [0.1, 0.15) is 24.9 Å². The van der Waals surface area contributed by atoms with Crippen molar-refractivity contribution in [2.24, 2.45) is 5.73 Å². The molecule has 1 atom stereocenters. The lowest BCUT2D eigenvalue weighted by molar-refractivity contribution is 0.760. The molecule has 0 aliphatic heterocycles.